The first-order valence-corrected chi connectivity index (χ1v) is 32.9. The van der Waals surface area contributed by atoms with Crippen LogP contribution in [0.5, 0.6) is 0 Å². The van der Waals surface area contributed by atoms with Crippen LogP contribution in [0.2, 0.25) is 0 Å². The summed E-state index contributed by atoms with van der Waals surface area (Å²) < 4.78 is 0. The van der Waals surface area contributed by atoms with Gasteiger partial charge in [-0.25, -0.2) is 0 Å². The minimum Gasteiger partial charge on any atom is -0.314 e. The molecular weight excluding hydrogens is 957 g/mol. The van der Waals surface area contributed by atoms with Crippen molar-refractivity contribution in [2.45, 2.75) is 233 Å². The number of nitrogens with zero attached hydrogens (tertiary/aromatic N) is 2. The van der Waals surface area contributed by atoms with Crippen LogP contribution in [-0.4, -0.2) is 34.7 Å². The first kappa shape index (κ1) is 58.2. The largest absolute Gasteiger partial charge is 0.314 e. The van der Waals surface area contributed by atoms with Gasteiger partial charge >= 0.3 is 0 Å². The molecule has 0 saturated heterocycles. The Kier molecular flexibility index (Phi) is 27.3. The molecule has 6 rings (SSSR count). The maximum atomic E-state index is 15.1. The van der Waals surface area contributed by atoms with E-state index in [0.717, 1.165) is 42.8 Å². The summed E-state index contributed by atoms with van der Waals surface area (Å²) in [7, 11) is 0. The Balaban J connectivity index is 1.22. The summed E-state index contributed by atoms with van der Waals surface area (Å²) in [5.74, 6) is 0.970. The molecule has 2 aliphatic rings. The monoisotopic (exact) mass is 1050 g/mol. The SMILES string of the molecule is CCCCCCCCCCC(CCCCCCCC)CN1C=C2C(=O)N(CC(CCCCCCCC)CCCCCCCCCC)C(c3ccc(-c4ccc(-c5ccc(/C=C/c6cccs6)s5)s4)s3)=C2C1=O. The van der Waals surface area contributed by atoms with E-state index < -0.39 is 0 Å². The lowest BCUT2D eigenvalue weighted by atomic mass is 9.93. The van der Waals surface area contributed by atoms with E-state index in [9.17, 15) is 0 Å². The number of hydrogen-bond donors (Lipinski definition) is 0. The second-order valence-corrected chi connectivity index (χ2v) is 25.7. The Hall–Kier alpha value is -3.04. The summed E-state index contributed by atoms with van der Waals surface area (Å²) in [6.45, 7) is 10.6. The first-order valence-electron chi connectivity index (χ1n) is 29.5. The lowest BCUT2D eigenvalue weighted by Crippen LogP contribution is -2.33. The predicted octanol–water partition coefficient (Wildman–Crippen LogP) is 21.5. The zero-order chi connectivity index (χ0) is 50.6. The molecule has 0 aliphatic carbocycles. The maximum Gasteiger partial charge on any atom is 0.260 e. The molecule has 396 valence electrons. The quantitative estimate of drug-likeness (QED) is 0.0416. The van der Waals surface area contributed by atoms with Gasteiger partial charge in [0, 0.05) is 48.6 Å². The van der Waals surface area contributed by atoms with Gasteiger partial charge < -0.3 is 9.80 Å². The van der Waals surface area contributed by atoms with Gasteiger partial charge in [-0.15, -0.1) is 45.3 Å². The predicted molar refractivity (Wildman–Crippen MR) is 320 cm³/mol. The summed E-state index contributed by atoms with van der Waals surface area (Å²) in [5, 5.41) is 2.12. The Labute approximate surface area is 454 Å². The molecule has 4 aromatic heterocycles. The van der Waals surface area contributed by atoms with Crippen LogP contribution in [-0.2, 0) is 9.59 Å². The van der Waals surface area contributed by atoms with E-state index >= 15 is 9.59 Å². The molecule has 6 heterocycles. The van der Waals surface area contributed by atoms with Crippen LogP contribution >= 0.6 is 45.3 Å². The topological polar surface area (TPSA) is 40.6 Å². The van der Waals surface area contributed by atoms with Gasteiger partial charge in [0.15, 0.2) is 0 Å². The number of hydrogen-bond acceptors (Lipinski definition) is 6. The van der Waals surface area contributed by atoms with E-state index in [2.05, 4.69) is 98.7 Å². The van der Waals surface area contributed by atoms with Gasteiger partial charge in [-0.2, -0.15) is 0 Å². The highest BCUT2D eigenvalue weighted by Gasteiger charge is 2.46. The van der Waals surface area contributed by atoms with Crippen molar-refractivity contribution in [3.63, 3.8) is 0 Å². The molecule has 4 aromatic rings. The molecule has 0 spiro atoms. The molecule has 0 saturated carbocycles. The molecule has 0 bridgehead atoms. The van der Waals surface area contributed by atoms with Crippen molar-refractivity contribution < 1.29 is 9.59 Å². The van der Waals surface area contributed by atoms with Crippen molar-refractivity contribution in [3.05, 3.63) is 85.9 Å². The van der Waals surface area contributed by atoms with Crippen molar-refractivity contribution in [3.8, 4) is 19.5 Å². The average Bonchev–Trinajstić information content (AvgIpc) is 4.27. The van der Waals surface area contributed by atoms with Crippen LogP contribution in [0.1, 0.15) is 248 Å². The summed E-state index contributed by atoms with van der Waals surface area (Å²) in [5.41, 5.74) is 2.19. The smallest absolute Gasteiger partial charge is 0.260 e. The highest BCUT2D eigenvalue weighted by Crippen LogP contribution is 2.47. The van der Waals surface area contributed by atoms with Gasteiger partial charge in [-0.1, -0.05) is 214 Å². The fourth-order valence-electron chi connectivity index (χ4n) is 11.0. The standard InChI is InChI=1S/C64H94N2O2S4/c1-5-9-13-17-21-23-27-30-35-51(34-29-25-19-15-11-7-3)48-65-50-55-61(64(65)68)62(66(63(55)67)49-52(36-31-26-20-16-12-8-4)37-32-28-24-22-18-14-10-6-2)60-46-45-59(72-60)58-44-43-57(71-58)56-42-41-54(70-56)40-39-53-38-33-47-69-53/h33,38-47,50-52H,5-32,34-37,48-49H2,1-4H3/b40-39+. The average molecular weight is 1050 g/mol. The van der Waals surface area contributed by atoms with E-state index in [0.29, 0.717) is 29.5 Å². The van der Waals surface area contributed by atoms with Crippen molar-refractivity contribution in [1.29, 1.82) is 0 Å². The highest BCUT2D eigenvalue weighted by molar-refractivity contribution is 7.26. The zero-order valence-corrected chi connectivity index (χ0v) is 48.7. The van der Waals surface area contributed by atoms with Crippen molar-refractivity contribution >= 4 is 75.0 Å². The molecule has 2 unspecified atom stereocenters. The van der Waals surface area contributed by atoms with Crippen LogP contribution in [0, 0.1) is 11.8 Å². The molecule has 0 N–H and O–H groups in total. The number of carbonyl (C=O) groups is 2. The third-order valence-electron chi connectivity index (χ3n) is 15.3. The molecule has 2 aliphatic heterocycles. The highest BCUT2D eigenvalue weighted by atomic mass is 32.1. The maximum absolute atomic E-state index is 15.1. The second-order valence-electron chi connectivity index (χ2n) is 21.4. The Morgan fingerprint density at radius 2 is 0.833 bits per heavy atom. The van der Waals surface area contributed by atoms with E-state index in [1.54, 1.807) is 22.7 Å². The minimum atomic E-state index is 0.0465. The first-order chi connectivity index (χ1) is 35.4. The molecule has 72 heavy (non-hydrogen) atoms. The number of amides is 2. The lowest BCUT2D eigenvalue weighted by Gasteiger charge is -2.28. The van der Waals surface area contributed by atoms with Gasteiger partial charge in [-0.05, 0) is 97.5 Å². The molecular formula is C64H94N2O2S4. The normalized spacial score (nSPS) is 14.8. The van der Waals surface area contributed by atoms with Crippen LogP contribution in [0.3, 0.4) is 0 Å². The number of rotatable bonds is 41. The molecule has 0 fully saturated rings. The molecule has 0 aromatic carbocycles. The number of fused-ring (bicyclic) bond motifs is 1. The molecule has 8 heteroatoms. The fourth-order valence-corrected chi connectivity index (χ4v) is 14.7. The molecule has 4 nitrogen and oxygen atoms in total. The van der Waals surface area contributed by atoms with Crippen molar-refractivity contribution in [2.24, 2.45) is 11.8 Å². The van der Waals surface area contributed by atoms with Gasteiger partial charge in [0.05, 0.1) is 21.7 Å². The van der Waals surface area contributed by atoms with Gasteiger partial charge in [-0.3, -0.25) is 9.59 Å². The summed E-state index contributed by atoms with van der Waals surface area (Å²) in [6, 6.07) is 17.7. The van der Waals surface area contributed by atoms with Gasteiger partial charge in [0.1, 0.15) is 0 Å². The Morgan fingerprint density at radius 1 is 0.431 bits per heavy atom. The van der Waals surface area contributed by atoms with Gasteiger partial charge in [0.2, 0.25) is 0 Å². The van der Waals surface area contributed by atoms with E-state index in [1.165, 1.54) is 209 Å². The Morgan fingerprint density at radius 3 is 1.31 bits per heavy atom. The van der Waals surface area contributed by atoms with Gasteiger partial charge in [0.25, 0.3) is 11.8 Å². The molecule has 0 radical (unpaired) electrons. The number of unbranched alkanes of at least 4 members (excludes halogenated alkanes) is 24. The summed E-state index contributed by atoms with van der Waals surface area (Å²) in [6.07, 6.45) is 47.5. The summed E-state index contributed by atoms with van der Waals surface area (Å²) in [4.78, 5) is 42.7. The van der Waals surface area contributed by atoms with Crippen molar-refractivity contribution in [2.75, 3.05) is 13.1 Å². The third kappa shape index (κ3) is 19.0. The van der Waals surface area contributed by atoms with Crippen LogP contribution in [0.4, 0.5) is 0 Å². The number of thiophene rings is 4. The fraction of sp³-hybridized carbons (Fsp3) is 0.625. The Bertz CT molecular complexity index is 2220. The lowest BCUT2D eigenvalue weighted by molar-refractivity contribution is -0.124. The molecule has 2 atom stereocenters. The molecule has 2 amide bonds. The second kappa shape index (κ2) is 33.8. The minimum absolute atomic E-state index is 0.0465. The van der Waals surface area contributed by atoms with Crippen LogP contribution in [0.15, 0.2) is 71.3 Å². The summed E-state index contributed by atoms with van der Waals surface area (Å²) >= 11 is 7.19. The van der Waals surface area contributed by atoms with Crippen LogP contribution in [0.25, 0.3) is 37.4 Å². The van der Waals surface area contributed by atoms with E-state index in [4.69, 9.17) is 0 Å². The van der Waals surface area contributed by atoms with Crippen LogP contribution < -0.4 is 0 Å². The number of carbonyl (C=O) groups excluding carboxylic acids is 2. The third-order valence-corrected chi connectivity index (χ3v) is 19.7. The zero-order valence-electron chi connectivity index (χ0n) is 45.5. The van der Waals surface area contributed by atoms with E-state index in [-0.39, 0.29) is 11.8 Å². The van der Waals surface area contributed by atoms with E-state index in [1.807, 2.05) is 33.8 Å². The van der Waals surface area contributed by atoms with Crippen molar-refractivity contribution in [1.82, 2.24) is 9.80 Å².